The number of benzene rings is 2. The van der Waals surface area contributed by atoms with E-state index in [1.165, 1.54) is 0 Å². The maximum atomic E-state index is 12.6. The summed E-state index contributed by atoms with van der Waals surface area (Å²) < 4.78 is 5.19. The van der Waals surface area contributed by atoms with Gasteiger partial charge >= 0.3 is 0 Å². The first-order chi connectivity index (χ1) is 13.1. The minimum absolute atomic E-state index is 0.0322. The van der Waals surface area contributed by atoms with Crippen LogP contribution in [0.3, 0.4) is 0 Å². The zero-order valence-corrected chi connectivity index (χ0v) is 16.0. The van der Waals surface area contributed by atoms with Gasteiger partial charge in [-0.15, -0.1) is 0 Å². The van der Waals surface area contributed by atoms with Gasteiger partial charge in [0.05, 0.1) is 7.11 Å². The maximum Gasteiger partial charge on any atom is 0.246 e. The molecule has 1 aliphatic rings. The van der Waals surface area contributed by atoms with E-state index in [9.17, 15) is 9.59 Å². The average molecular weight is 384 g/mol. The van der Waals surface area contributed by atoms with E-state index < -0.39 is 0 Å². The van der Waals surface area contributed by atoms with Gasteiger partial charge < -0.3 is 9.64 Å². The van der Waals surface area contributed by atoms with E-state index in [2.05, 4.69) is 0 Å². The van der Waals surface area contributed by atoms with Crippen LogP contribution < -0.4 is 4.74 Å². The lowest BCUT2D eigenvalue weighted by molar-refractivity contribution is -0.127. The number of methoxy groups -OCH3 is 1. The van der Waals surface area contributed by atoms with Crippen molar-refractivity contribution in [2.45, 2.75) is 12.8 Å². The Morgan fingerprint density at radius 1 is 1.11 bits per heavy atom. The molecule has 0 saturated carbocycles. The summed E-state index contributed by atoms with van der Waals surface area (Å²) in [5, 5.41) is 0.620. The van der Waals surface area contributed by atoms with Crippen LogP contribution in [-0.2, 0) is 4.79 Å². The highest BCUT2D eigenvalue weighted by Gasteiger charge is 2.27. The molecular formula is C22H22ClNO3. The SMILES string of the molecule is COc1cccc(/C=C/C(=O)N2CCC(C(=O)c3ccc(Cl)cc3)CC2)c1. The number of piperidine rings is 1. The molecule has 0 spiro atoms. The van der Waals surface area contributed by atoms with Gasteiger partial charge in [0, 0.05) is 35.7 Å². The van der Waals surface area contributed by atoms with Crippen molar-refractivity contribution in [1.82, 2.24) is 4.90 Å². The fraction of sp³-hybridized carbons (Fsp3) is 0.273. The average Bonchev–Trinajstić information content (AvgIpc) is 2.72. The lowest BCUT2D eigenvalue weighted by atomic mass is 9.89. The topological polar surface area (TPSA) is 46.6 Å². The number of hydrogen-bond acceptors (Lipinski definition) is 3. The summed E-state index contributed by atoms with van der Waals surface area (Å²) in [6.45, 7) is 1.18. The summed E-state index contributed by atoms with van der Waals surface area (Å²) in [6.07, 6.45) is 4.73. The van der Waals surface area contributed by atoms with Gasteiger partial charge in [0.2, 0.25) is 5.91 Å². The van der Waals surface area contributed by atoms with Crippen LogP contribution in [0.15, 0.2) is 54.6 Å². The van der Waals surface area contributed by atoms with E-state index in [0.717, 1.165) is 11.3 Å². The number of carbonyl (C=O) groups is 2. The molecule has 1 saturated heterocycles. The summed E-state index contributed by atoms with van der Waals surface area (Å²) in [4.78, 5) is 26.8. The molecule has 2 aromatic carbocycles. The zero-order chi connectivity index (χ0) is 19.2. The second kappa shape index (κ2) is 8.87. The normalized spacial score (nSPS) is 15.1. The van der Waals surface area contributed by atoms with Crippen LogP contribution >= 0.6 is 11.6 Å². The number of rotatable bonds is 5. The highest BCUT2D eigenvalue weighted by molar-refractivity contribution is 6.30. The van der Waals surface area contributed by atoms with Gasteiger partial charge in [-0.3, -0.25) is 9.59 Å². The number of halogens is 1. The van der Waals surface area contributed by atoms with E-state index in [4.69, 9.17) is 16.3 Å². The van der Waals surface area contributed by atoms with Crippen LogP contribution in [0, 0.1) is 5.92 Å². The fourth-order valence-electron chi connectivity index (χ4n) is 3.23. The van der Waals surface area contributed by atoms with Gasteiger partial charge in [-0.1, -0.05) is 23.7 Å². The monoisotopic (exact) mass is 383 g/mol. The molecule has 4 nitrogen and oxygen atoms in total. The molecule has 5 heteroatoms. The molecule has 0 aliphatic carbocycles. The Hall–Kier alpha value is -2.59. The van der Waals surface area contributed by atoms with E-state index in [1.54, 1.807) is 48.4 Å². The van der Waals surface area contributed by atoms with Crippen LogP contribution in [0.2, 0.25) is 5.02 Å². The summed E-state index contributed by atoms with van der Waals surface area (Å²) in [6, 6.07) is 14.5. The minimum Gasteiger partial charge on any atom is -0.497 e. The Bertz CT molecular complexity index is 837. The first-order valence-corrected chi connectivity index (χ1v) is 9.35. The summed E-state index contributed by atoms with van der Waals surface area (Å²) in [5.41, 5.74) is 1.59. The Labute approximate surface area is 164 Å². The number of Topliss-reactive ketones (excluding diaryl/α,β-unsaturated/α-hetero) is 1. The van der Waals surface area contributed by atoms with E-state index in [-0.39, 0.29) is 17.6 Å². The molecule has 1 fully saturated rings. The second-order valence-corrected chi connectivity index (χ2v) is 7.02. The van der Waals surface area contributed by atoms with Crippen molar-refractivity contribution in [1.29, 1.82) is 0 Å². The smallest absolute Gasteiger partial charge is 0.246 e. The van der Waals surface area contributed by atoms with Crippen molar-refractivity contribution >= 4 is 29.4 Å². The first-order valence-electron chi connectivity index (χ1n) is 8.97. The molecule has 3 rings (SSSR count). The lowest BCUT2D eigenvalue weighted by Crippen LogP contribution is -2.39. The number of carbonyl (C=O) groups excluding carboxylic acids is 2. The van der Waals surface area contributed by atoms with Crippen molar-refractivity contribution in [2.24, 2.45) is 5.92 Å². The predicted molar refractivity (Wildman–Crippen MR) is 107 cm³/mol. The number of amides is 1. The Balaban J connectivity index is 1.55. The molecule has 1 heterocycles. The van der Waals surface area contributed by atoms with Crippen molar-refractivity contribution in [3.8, 4) is 5.75 Å². The molecule has 1 amide bonds. The molecule has 0 atom stereocenters. The molecule has 0 radical (unpaired) electrons. The number of likely N-dealkylation sites (tertiary alicyclic amines) is 1. The van der Waals surface area contributed by atoms with Crippen LogP contribution in [0.4, 0.5) is 0 Å². The summed E-state index contributed by atoms with van der Waals surface area (Å²) in [7, 11) is 1.61. The van der Waals surface area contributed by atoms with Gasteiger partial charge in [0.1, 0.15) is 5.75 Å². The molecule has 0 N–H and O–H groups in total. The summed E-state index contributed by atoms with van der Waals surface area (Å²) in [5.74, 6) is 0.810. The van der Waals surface area contributed by atoms with E-state index >= 15 is 0 Å². The van der Waals surface area contributed by atoms with Crippen molar-refractivity contribution in [3.63, 3.8) is 0 Å². The molecule has 140 valence electrons. The van der Waals surface area contributed by atoms with Crippen molar-refractivity contribution < 1.29 is 14.3 Å². The molecule has 27 heavy (non-hydrogen) atoms. The largest absolute Gasteiger partial charge is 0.497 e. The fourth-order valence-corrected chi connectivity index (χ4v) is 3.36. The van der Waals surface area contributed by atoms with Crippen molar-refractivity contribution in [2.75, 3.05) is 20.2 Å². The summed E-state index contributed by atoms with van der Waals surface area (Å²) >= 11 is 5.88. The minimum atomic E-state index is -0.0439. The Morgan fingerprint density at radius 2 is 1.81 bits per heavy atom. The molecule has 0 bridgehead atoms. The first kappa shape index (κ1) is 19.2. The second-order valence-electron chi connectivity index (χ2n) is 6.58. The maximum absolute atomic E-state index is 12.6. The number of ketones is 1. The molecule has 0 unspecified atom stereocenters. The molecule has 0 aromatic heterocycles. The molecule has 2 aromatic rings. The van der Waals surface area contributed by atoms with Gasteiger partial charge in [-0.05, 0) is 60.9 Å². The van der Waals surface area contributed by atoms with Crippen LogP contribution in [0.5, 0.6) is 5.75 Å². The van der Waals surface area contributed by atoms with Gasteiger partial charge in [0.15, 0.2) is 5.78 Å². The molecule has 1 aliphatic heterocycles. The van der Waals surface area contributed by atoms with Crippen LogP contribution in [0.25, 0.3) is 6.08 Å². The number of ether oxygens (including phenoxy) is 1. The Kier molecular flexibility index (Phi) is 6.30. The van der Waals surface area contributed by atoms with Crippen LogP contribution in [-0.4, -0.2) is 36.8 Å². The van der Waals surface area contributed by atoms with E-state index in [1.807, 2.05) is 24.3 Å². The highest BCUT2D eigenvalue weighted by atomic mass is 35.5. The lowest BCUT2D eigenvalue weighted by Gasteiger charge is -2.30. The van der Waals surface area contributed by atoms with Gasteiger partial charge in [-0.2, -0.15) is 0 Å². The van der Waals surface area contributed by atoms with Gasteiger partial charge in [0.25, 0.3) is 0 Å². The highest BCUT2D eigenvalue weighted by Crippen LogP contribution is 2.23. The van der Waals surface area contributed by atoms with E-state index in [0.29, 0.717) is 36.5 Å². The number of nitrogens with zero attached hydrogens (tertiary/aromatic N) is 1. The van der Waals surface area contributed by atoms with Gasteiger partial charge in [-0.25, -0.2) is 0 Å². The number of hydrogen-bond donors (Lipinski definition) is 0. The Morgan fingerprint density at radius 3 is 2.48 bits per heavy atom. The third-order valence-corrected chi connectivity index (χ3v) is 5.07. The van der Waals surface area contributed by atoms with Crippen LogP contribution in [0.1, 0.15) is 28.8 Å². The molecular weight excluding hydrogens is 362 g/mol. The standard InChI is InChI=1S/C22H22ClNO3/c1-27-20-4-2-3-16(15-20)5-10-21(25)24-13-11-18(12-14-24)22(26)17-6-8-19(23)9-7-17/h2-10,15,18H,11-14H2,1H3/b10-5+. The third-order valence-electron chi connectivity index (χ3n) is 4.82. The quantitative estimate of drug-likeness (QED) is 0.564. The van der Waals surface area contributed by atoms with Crippen molar-refractivity contribution in [3.05, 3.63) is 70.8 Å². The third kappa shape index (κ3) is 4.98. The predicted octanol–water partition coefficient (Wildman–Crippen LogP) is 4.48. The zero-order valence-electron chi connectivity index (χ0n) is 15.2.